The van der Waals surface area contributed by atoms with Crippen molar-refractivity contribution in [3.63, 3.8) is 0 Å². The molecule has 20 heavy (non-hydrogen) atoms. The van der Waals surface area contributed by atoms with Gasteiger partial charge in [-0.25, -0.2) is 0 Å². The summed E-state index contributed by atoms with van der Waals surface area (Å²) in [4.78, 5) is 0. The maximum atomic E-state index is 3.80. The Hall–Kier alpha value is -0.820. The molecular weight excluding hydrogens is 242 g/mol. The molecule has 0 aliphatic heterocycles. The van der Waals surface area contributed by atoms with E-state index in [-0.39, 0.29) is 5.41 Å². The number of benzene rings is 1. The van der Waals surface area contributed by atoms with Crippen LogP contribution in [0.3, 0.4) is 0 Å². The molecule has 1 heteroatoms. The second-order valence-corrected chi connectivity index (χ2v) is 6.85. The highest BCUT2D eigenvalue weighted by molar-refractivity contribution is 5.35. The van der Waals surface area contributed by atoms with Crippen molar-refractivity contribution in [2.45, 2.75) is 72.3 Å². The van der Waals surface area contributed by atoms with Crippen molar-refractivity contribution in [1.82, 2.24) is 5.32 Å². The highest BCUT2D eigenvalue weighted by Gasteiger charge is 2.26. The lowest BCUT2D eigenvalue weighted by Gasteiger charge is -2.32. The Kier molecular flexibility index (Phi) is 6.75. The van der Waals surface area contributed by atoms with Crippen molar-refractivity contribution in [2.24, 2.45) is 5.92 Å². The fourth-order valence-electron chi connectivity index (χ4n) is 3.04. The van der Waals surface area contributed by atoms with Crippen molar-refractivity contribution < 1.29 is 0 Å². The van der Waals surface area contributed by atoms with Gasteiger partial charge in [0.15, 0.2) is 0 Å². The van der Waals surface area contributed by atoms with Gasteiger partial charge in [0.1, 0.15) is 0 Å². The Balaban J connectivity index is 3.19. The minimum Gasteiger partial charge on any atom is -0.310 e. The van der Waals surface area contributed by atoms with E-state index in [1.807, 2.05) is 0 Å². The molecule has 0 saturated carbocycles. The summed E-state index contributed by atoms with van der Waals surface area (Å²) in [6, 6.07) is 9.48. The normalized spacial score (nSPS) is 13.8. The predicted octanol–water partition coefficient (Wildman–Crippen LogP) is 5.46. The minimum absolute atomic E-state index is 0.203. The van der Waals surface area contributed by atoms with Crippen LogP contribution in [-0.4, -0.2) is 6.54 Å². The second-order valence-electron chi connectivity index (χ2n) is 6.85. The first-order valence-electron chi connectivity index (χ1n) is 8.28. The van der Waals surface area contributed by atoms with Crippen LogP contribution in [0.2, 0.25) is 0 Å². The molecule has 0 aromatic heterocycles. The molecule has 1 unspecified atom stereocenters. The molecule has 0 aliphatic rings. The molecule has 0 saturated heterocycles. The van der Waals surface area contributed by atoms with Crippen LogP contribution >= 0.6 is 0 Å². The van der Waals surface area contributed by atoms with Gasteiger partial charge in [0.05, 0.1) is 0 Å². The lowest BCUT2D eigenvalue weighted by Crippen LogP contribution is -2.31. The average molecular weight is 275 g/mol. The molecule has 1 rings (SSSR count). The molecule has 0 bridgehead atoms. The van der Waals surface area contributed by atoms with Crippen molar-refractivity contribution in [3.8, 4) is 0 Å². The molecule has 0 spiro atoms. The Morgan fingerprint density at radius 3 is 2.10 bits per heavy atom. The topological polar surface area (TPSA) is 12.0 Å². The zero-order valence-electron chi connectivity index (χ0n) is 14.3. The zero-order chi connectivity index (χ0) is 15.2. The second kappa shape index (κ2) is 7.83. The summed E-state index contributed by atoms with van der Waals surface area (Å²) in [7, 11) is 0. The zero-order valence-corrected chi connectivity index (χ0v) is 14.3. The fraction of sp³-hybridized carbons (Fsp3) is 0.684. The van der Waals surface area contributed by atoms with E-state index in [1.54, 1.807) is 0 Å². The summed E-state index contributed by atoms with van der Waals surface area (Å²) >= 11 is 0. The van der Waals surface area contributed by atoms with E-state index in [9.17, 15) is 0 Å². The van der Waals surface area contributed by atoms with Gasteiger partial charge in [-0.15, -0.1) is 0 Å². The number of nitrogens with one attached hydrogen (secondary N) is 1. The molecule has 0 amide bonds. The summed E-state index contributed by atoms with van der Waals surface area (Å²) in [5.41, 5.74) is 3.19. The van der Waals surface area contributed by atoms with E-state index in [2.05, 4.69) is 71.1 Å². The highest BCUT2D eigenvalue weighted by atomic mass is 14.9. The summed E-state index contributed by atoms with van der Waals surface area (Å²) in [5.74, 6) is 0.713. The third kappa shape index (κ3) is 4.34. The maximum Gasteiger partial charge on any atom is 0.0351 e. The van der Waals surface area contributed by atoms with Crippen molar-refractivity contribution in [2.75, 3.05) is 6.54 Å². The van der Waals surface area contributed by atoms with Gasteiger partial charge < -0.3 is 5.32 Å². The lowest BCUT2D eigenvalue weighted by molar-refractivity contribution is 0.337. The molecule has 1 atom stereocenters. The summed E-state index contributed by atoms with van der Waals surface area (Å²) in [5, 5.41) is 3.80. The molecule has 0 fully saturated rings. The fourth-order valence-corrected chi connectivity index (χ4v) is 3.04. The van der Waals surface area contributed by atoms with Crippen LogP contribution in [0.15, 0.2) is 24.3 Å². The molecule has 1 aromatic carbocycles. The van der Waals surface area contributed by atoms with E-state index in [4.69, 9.17) is 0 Å². The van der Waals surface area contributed by atoms with Crippen molar-refractivity contribution in [3.05, 3.63) is 35.4 Å². The molecular formula is C19H33N. The molecule has 1 N–H and O–H groups in total. The van der Waals surface area contributed by atoms with Gasteiger partial charge in [-0.3, -0.25) is 0 Å². The van der Waals surface area contributed by atoms with Crippen molar-refractivity contribution in [1.29, 1.82) is 0 Å². The van der Waals surface area contributed by atoms with E-state index < -0.39 is 0 Å². The monoisotopic (exact) mass is 275 g/mol. The Bertz CT molecular complexity index is 385. The third-order valence-electron chi connectivity index (χ3n) is 4.24. The molecule has 0 aliphatic carbocycles. The minimum atomic E-state index is 0.203. The lowest BCUT2D eigenvalue weighted by atomic mass is 9.78. The van der Waals surface area contributed by atoms with Crippen LogP contribution in [0.1, 0.15) is 78.0 Å². The first kappa shape index (κ1) is 17.2. The first-order chi connectivity index (χ1) is 9.45. The van der Waals surface area contributed by atoms with Crippen LogP contribution in [0, 0.1) is 5.92 Å². The Labute approximate surface area is 126 Å². The van der Waals surface area contributed by atoms with Crippen molar-refractivity contribution >= 4 is 0 Å². The molecule has 0 radical (unpaired) electrons. The van der Waals surface area contributed by atoms with Crippen LogP contribution in [-0.2, 0) is 5.41 Å². The van der Waals surface area contributed by atoms with Crippen LogP contribution in [0.4, 0.5) is 0 Å². The van der Waals surface area contributed by atoms with E-state index >= 15 is 0 Å². The molecule has 114 valence electrons. The largest absolute Gasteiger partial charge is 0.310 e. The van der Waals surface area contributed by atoms with Gasteiger partial charge in [-0.1, -0.05) is 78.6 Å². The Morgan fingerprint density at radius 2 is 1.60 bits per heavy atom. The number of hydrogen-bond acceptors (Lipinski definition) is 1. The van der Waals surface area contributed by atoms with Gasteiger partial charge >= 0.3 is 0 Å². The summed E-state index contributed by atoms with van der Waals surface area (Å²) in [6.07, 6.45) is 3.65. The summed E-state index contributed by atoms with van der Waals surface area (Å²) in [6.45, 7) is 14.9. The van der Waals surface area contributed by atoms with Gasteiger partial charge in [-0.05, 0) is 35.4 Å². The Morgan fingerprint density at radius 1 is 1.00 bits per heavy atom. The van der Waals surface area contributed by atoms with E-state index in [0.29, 0.717) is 12.0 Å². The summed E-state index contributed by atoms with van der Waals surface area (Å²) < 4.78 is 0. The highest BCUT2D eigenvalue weighted by Crippen LogP contribution is 2.35. The first-order valence-corrected chi connectivity index (χ1v) is 8.28. The number of rotatable bonds is 7. The third-order valence-corrected chi connectivity index (χ3v) is 4.24. The van der Waals surface area contributed by atoms with Gasteiger partial charge in [0.25, 0.3) is 0 Å². The van der Waals surface area contributed by atoms with Crippen LogP contribution in [0.25, 0.3) is 0 Å². The average Bonchev–Trinajstić information content (AvgIpc) is 2.42. The maximum absolute atomic E-state index is 3.80. The molecule has 1 nitrogen and oxygen atoms in total. The number of hydrogen-bond donors (Lipinski definition) is 1. The van der Waals surface area contributed by atoms with Crippen LogP contribution in [0.5, 0.6) is 0 Å². The molecule has 1 aromatic rings. The van der Waals surface area contributed by atoms with Crippen LogP contribution < -0.4 is 5.32 Å². The van der Waals surface area contributed by atoms with E-state index in [0.717, 1.165) is 6.54 Å². The van der Waals surface area contributed by atoms with E-state index in [1.165, 1.54) is 30.4 Å². The van der Waals surface area contributed by atoms with Gasteiger partial charge in [0, 0.05) is 6.04 Å². The standard InChI is InChI=1S/C19H33N/c1-7-14-20-18(15(8-2)9-3)16-12-10-11-13-17(16)19(4,5)6/h10-13,15,18,20H,7-9,14H2,1-6H3. The predicted molar refractivity (Wildman–Crippen MR) is 90.2 cm³/mol. The molecule has 0 heterocycles. The van der Waals surface area contributed by atoms with Gasteiger partial charge in [-0.2, -0.15) is 0 Å². The van der Waals surface area contributed by atoms with Gasteiger partial charge in [0.2, 0.25) is 0 Å². The SMILES string of the molecule is CCCNC(c1ccccc1C(C)(C)C)C(CC)CC. The quantitative estimate of drug-likeness (QED) is 0.696. The smallest absolute Gasteiger partial charge is 0.0351 e.